The van der Waals surface area contributed by atoms with Crippen LogP contribution in [0, 0.1) is 0 Å². The van der Waals surface area contributed by atoms with Crippen molar-refractivity contribution in [1.82, 2.24) is 29.7 Å². The molecule has 0 saturated carbocycles. The minimum Gasteiger partial charge on any atom is -0.383 e. The summed E-state index contributed by atoms with van der Waals surface area (Å²) in [7, 11) is 0. The van der Waals surface area contributed by atoms with E-state index in [0.717, 1.165) is 36.0 Å². The quantitative estimate of drug-likeness (QED) is 0.650. The van der Waals surface area contributed by atoms with E-state index in [1.54, 1.807) is 11.0 Å². The predicted octanol–water partition coefficient (Wildman–Crippen LogP) is 0.609. The van der Waals surface area contributed by atoms with Crippen LogP contribution in [0.1, 0.15) is 17.7 Å². The summed E-state index contributed by atoms with van der Waals surface area (Å²) in [6, 6.07) is 0. The fourth-order valence-corrected chi connectivity index (χ4v) is 2.49. The largest absolute Gasteiger partial charge is 0.383 e. The Labute approximate surface area is 102 Å². The Morgan fingerprint density at radius 3 is 3.06 bits per heavy atom. The molecule has 3 aromatic rings. The fourth-order valence-electron chi connectivity index (χ4n) is 2.49. The number of nitrogens with two attached hydrogens (primary N) is 1. The lowest BCUT2D eigenvalue weighted by Gasteiger charge is -2.04. The van der Waals surface area contributed by atoms with Gasteiger partial charge in [0.2, 0.25) is 0 Å². The summed E-state index contributed by atoms with van der Waals surface area (Å²) in [4.78, 5) is 15.5. The van der Waals surface area contributed by atoms with Crippen LogP contribution in [0.4, 0.5) is 5.82 Å². The van der Waals surface area contributed by atoms with Crippen molar-refractivity contribution in [2.75, 3.05) is 5.73 Å². The Kier molecular flexibility index (Phi) is 1.75. The van der Waals surface area contributed by atoms with E-state index in [4.69, 9.17) is 5.73 Å². The molecule has 0 saturated heterocycles. The van der Waals surface area contributed by atoms with Gasteiger partial charge in [-0.1, -0.05) is 0 Å². The number of hydrogen-bond acceptors (Lipinski definition) is 5. The number of hydrogen-bond donors (Lipinski definition) is 2. The van der Waals surface area contributed by atoms with Gasteiger partial charge in [0.25, 0.3) is 0 Å². The number of nitrogen functional groups attached to an aromatic ring is 1. The molecule has 7 heteroatoms. The molecule has 0 bridgehead atoms. The number of aryl methyl sites for hydroxylation is 1. The van der Waals surface area contributed by atoms with Crippen molar-refractivity contribution >= 4 is 17.0 Å². The van der Waals surface area contributed by atoms with Gasteiger partial charge < -0.3 is 10.7 Å². The zero-order valence-electron chi connectivity index (χ0n) is 9.59. The van der Waals surface area contributed by atoms with E-state index >= 15 is 0 Å². The van der Waals surface area contributed by atoms with Crippen molar-refractivity contribution in [3.8, 4) is 5.82 Å². The second-order valence-electron chi connectivity index (χ2n) is 4.37. The van der Waals surface area contributed by atoms with E-state index in [0.29, 0.717) is 17.3 Å². The number of nitrogens with one attached hydrogen (secondary N) is 1. The van der Waals surface area contributed by atoms with Gasteiger partial charge in [0, 0.05) is 5.56 Å². The maximum Gasteiger partial charge on any atom is 0.184 e. The Morgan fingerprint density at radius 1 is 1.22 bits per heavy atom. The number of anilines is 1. The third-order valence-electron chi connectivity index (χ3n) is 3.35. The number of imidazole rings is 1. The van der Waals surface area contributed by atoms with Gasteiger partial charge in [-0.15, -0.1) is 0 Å². The fraction of sp³-hybridized carbons (Fsp3) is 0.273. The zero-order chi connectivity index (χ0) is 12.1. The average molecular weight is 241 g/mol. The highest BCUT2D eigenvalue weighted by Gasteiger charge is 2.22. The SMILES string of the molecule is Nc1c2c(nn1-c1ncnc3nc[nH]c13)CCC2. The zero-order valence-corrected chi connectivity index (χ0v) is 9.59. The predicted molar refractivity (Wildman–Crippen MR) is 65.2 cm³/mol. The van der Waals surface area contributed by atoms with E-state index in [2.05, 4.69) is 25.0 Å². The molecule has 0 aromatic carbocycles. The number of nitrogens with zero attached hydrogens (tertiary/aromatic N) is 5. The molecule has 0 radical (unpaired) electrons. The topological polar surface area (TPSA) is 98.3 Å². The third kappa shape index (κ3) is 1.13. The molecule has 7 nitrogen and oxygen atoms in total. The number of fused-ring (bicyclic) bond motifs is 2. The summed E-state index contributed by atoms with van der Waals surface area (Å²) < 4.78 is 1.69. The van der Waals surface area contributed by atoms with Gasteiger partial charge in [-0.3, -0.25) is 0 Å². The molecule has 3 heterocycles. The van der Waals surface area contributed by atoms with Gasteiger partial charge in [-0.05, 0) is 19.3 Å². The van der Waals surface area contributed by atoms with E-state index in [9.17, 15) is 0 Å². The minimum atomic E-state index is 0.620. The molecule has 90 valence electrons. The van der Waals surface area contributed by atoms with E-state index < -0.39 is 0 Å². The molecule has 18 heavy (non-hydrogen) atoms. The van der Waals surface area contributed by atoms with Gasteiger partial charge in [0.05, 0.1) is 12.0 Å². The van der Waals surface area contributed by atoms with Gasteiger partial charge in [0.15, 0.2) is 11.5 Å². The number of rotatable bonds is 1. The molecule has 1 aliphatic carbocycles. The van der Waals surface area contributed by atoms with Crippen molar-refractivity contribution in [2.24, 2.45) is 0 Å². The van der Waals surface area contributed by atoms with Gasteiger partial charge in [-0.25, -0.2) is 15.0 Å². The van der Waals surface area contributed by atoms with Crippen LogP contribution in [0.5, 0.6) is 0 Å². The summed E-state index contributed by atoms with van der Waals surface area (Å²) in [5, 5.41) is 4.54. The van der Waals surface area contributed by atoms with Crippen LogP contribution in [0.25, 0.3) is 17.0 Å². The van der Waals surface area contributed by atoms with Gasteiger partial charge in [-0.2, -0.15) is 9.78 Å². The summed E-state index contributed by atoms with van der Waals surface area (Å²) in [6.45, 7) is 0. The lowest BCUT2D eigenvalue weighted by Crippen LogP contribution is -2.07. The van der Waals surface area contributed by atoms with Crippen LogP contribution in [0.15, 0.2) is 12.7 Å². The first-order valence-corrected chi connectivity index (χ1v) is 5.85. The highest BCUT2D eigenvalue weighted by molar-refractivity contribution is 5.78. The summed E-state index contributed by atoms with van der Waals surface area (Å²) in [6.07, 6.45) is 6.19. The second-order valence-corrected chi connectivity index (χ2v) is 4.37. The molecule has 0 atom stereocenters. The molecule has 0 unspecified atom stereocenters. The first kappa shape index (κ1) is 9.58. The molecule has 3 aromatic heterocycles. The molecule has 0 spiro atoms. The summed E-state index contributed by atoms with van der Waals surface area (Å²) in [5.74, 6) is 1.33. The van der Waals surface area contributed by atoms with Crippen LogP contribution >= 0.6 is 0 Å². The van der Waals surface area contributed by atoms with E-state index in [-0.39, 0.29) is 0 Å². The Hall–Kier alpha value is -2.44. The highest BCUT2D eigenvalue weighted by atomic mass is 15.4. The number of H-pyrrole nitrogens is 1. The third-order valence-corrected chi connectivity index (χ3v) is 3.35. The minimum absolute atomic E-state index is 0.620. The van der Waals surface area contributed by atoms with Crippen molar-refractivity contribution in [2.45, 2.75) is 19.3 Å². The number of aromatic nitrogens is 6. The maximum absolute atomic E-state index is 6.15. The lowest BCUT2D eigenvalue weighted by atomic mass is 10.2. The van der Waals surface area contributed by atoms with Crippen LogP contribution in [-0.2, 0) is 12.8 Å². The van der Waals surface area contributed by atoms with Crippen molar-refractivity contribution in [3.63, 3.8) is 0 Å². The first-order chi connectivity index (χ1) is 8.84. The van der Waals surface area contributed by atoms with Crippen LogP contribution < -0.4 is 5.73 Å². The molecular formula is C11H11N7. The Balaban J connectivity index is 2.00. The molecule has 1 aliphatic rings. The normalized spacial score (nSPS) is 14.2. The molecule has 0 aliphatic heterocycles. The van der Waals surface area contributed by atoms with Gasteiger partial charge >= 0.3 is 0 Å². The van der Waals surface area contributed by atoms with E-state index in [1.807, 2.05) is 0 Å². The van der Waals surface area contributed by atoms with Crippen LogP contribution in [0.2, 0.25) is 0 Å². The standard InChI is InChI=1S/C11H11N7/c12-9-6-2-1-3-7(6)17-18(9)11-8-10(14-4-13-8)15-5-16-11/h4-5H,1-3,12H2,(H,13,14,15,16). The molecule has 0 amide bonds. The Morgan fingerprint density at radius 2 is 2.17 bits per heavy atom. The maximum atomic E-state index is 6.15. The Bertz CT molecular complexity index is 739. The first-order valence-electron chi connectivity index (χ1n) is 5.85. The highest BCUT2D eigenvalue weighted by Crippen LogP contribution is 2.29. The summed E-state index contributed by atoms with van der Waals surface area (Å²) in [5.41, 5.74) is 9.76. The van der Waals surface area contributed by atoms with Crippen molar-refractivity contribution in [3.05, 3.63) is 23.9 Å². The molecular weight excluding hydrogens is 230 g/mol. The van der Waals surface area contributed by atoms with Gasteiger partial charge in [0.1, 0.15) is 17.7 Å². The number of aromatic amines is 1. The second kappa shape index (κ2) is 3.28. The molecule has 3 N–H and O–H groups in total. The molecule has 4 rings (SSSR count). The lowest BCUT2D eigenvalue weighted by molar-refractivity contribution is 0.794. The van der Waals surface area contributed by atoms with Crippen molar-refractivity contribution in [1.29, 1.82) is 0 Å². The van der Waals surface area contributed by atoms with Crippen LogP contribution in [-0.4, -0.2) is 29.7 Å². The molecule has 0 fully saturated rings. The van der Waals surface area contributed by atoms with E-state index in [1.165, 1.54) is 6.33 Å². The van der Waals surface area contributed by atoms with Crippen LogP contribution in [0.3, 0.4) is 0 Å². The monoisotopic (exact) mass is 241 g/mol. The van der Waals surface area contributed by atoms with Crippen molar-refractivity contribution < 1.29 is 0 Å². The average Bonchev–Trinajstić information content (AvgIpc) is 3.06. The smallest absolute Gasteiger partial charge is 0.184 e. The summed E-state index contributed by atoms with van der Waals surface area (Å²) >= 11 is 0.